The van der Waals surface area contributed by atoms with Crippen LogP contribution in [0.4, 0.5) is 5.69 Å². The predicted molar refractivity (Wildman–Crippen MR) is 94.6 cm³/mol. The van der Waals surface area contributed by atoms with E-state index in [9.17, 15) is 4.79 Å². The summed E-state index contributed by atoms with van der Waals surface area (Å²) in [5.41, 5.74) is 1.80. The van der Waals surface area contributed by atoms with Gasteiger partial charge in [-0.3, -0.25) is 14.4 Å². The molecule has 1 saturated heterocycles. The van der Waals surface area contributed by atoms with Gasteiger partial charge in [0.15, 0.2) is 0 Å². The summed E-state index contributed by atoms with van der Waals surface area (Å²) in [6.45, 7) is 4.69. The van der Waals surface area contributed by atoms with Gasteiger partial charge in [0.25, 0.3) is 0 Å². The van der Waals surface area contributed by atoms with Crippen molar-refractivity contribution in [1.82, 2.24) is 14.7 Å². The maximum absolute atomic E-state index is 12.9. The van der Waals surface area contributed by atoms with Crippen molar-refractivity contribution in [2.75, 3.05) is 29.9 Å². The second-order valence-electron chi connectivity index (χ2n) is 5.54. The largest absolute Gasteiger partial charge is 0.322 e. The fourth-order valence-electron chi connectivity index (χ4n) is 2.81. The zero-order valence-electron chi connectivity index (χ0n) is 13.3. The number of anilines is 1. The SMILES string of the molecule is CCn1cc(NC(=O)C(c2ccccc2)N2CCSCC2)cn1. The topological polar surface area (TPSA) is 50.2 Å². The van der Waals surface area contributed by atoms with Gasteiger partial charge in [0.1, 0.15) is 6.04 Å². The monoisotopic (exact) mass is 330 g/mol. The maximum atomic E-state index is 12.9. The predicted octanol–water partition coefficient (Wildman–Crippen LogP) is 2.63. The number of amides is 1. The number of aromatic nitrogens is 2. The molecule has 1 fully saturated rings. The molecule has 0 aliphatic carbocycles. The van der Waals surface area contributed by atoms with E-state index >= 15 is 0 Å². The lowest BCUT2D eigenvalue weighted by Gasteiger charge is -2.33. The molecule has 122 valence electrons. The van der Waals surface area contributed by atoms with Gasteiger partial charge in [-0.05, 0) is 12.5 Å². The zero-order chi connectivity index (χ0) is 16.1. The number of nitrogens with one attached hydrogen (secondary N) is 1. The molecule has 0 bridgehead atoms. The van der Waals surface area contributed by atoms with Crippen molar-refractivity contribution >= 4 is 23.4 Å². The molecule has 1 aromatic carbocycles. The molecule has 0 saturated carbocycles. The van der Waals surface area contributed by atoms with Crippen LogP contribution in [0.1, 0.15) is 18.5 Å². The zero-order valence-corrected chi connectivity index (χ0v) is 14.1. The maximum Gasteiger partial charge on any atom is 0.246 e. The molecule has 2 aromatic rings. The van der Waals surface area contributed by atoms with E-state index in [-0.39, 0.29) is 11.9 Å². The third-order valence-electron chi connectivity index (χ3n) is 4.00. The van der Waals surface area contributed by atoms with Crippen molar-refractivity contribution < 1.29 is 4.79 Å². The number of hydrogen-bond donors (Lipinski definition) is 1. The Morgan fingerprint density at radius 2 is 2.04 bits per heavy atom. The van der Waals surface area contributed by atoms with Gasteiger partial charge in [0, 0.05) is 37.3 Å². The number of benzene rings is 1. The Labute approximate surface area is 141 Å². The number of carbonyl (C=O) groups is 1. The van der Waals surface area contributed by atoms with Gasteiger partial charge in [-0.15, -0.1) is 0 Å². The van der Waals surface area contributed by atoms with Crippen LogP contribution >= 0.6 is 11.8 Å². The molecular weight excluding hydrogens is 308 g/mol. The van der Waals surface area contributed by atoms with E-state index in [1.54, 1.807) is 6.20 Å². The van der Waals surface area contributed by atoms with Gasteiger partial charge < -0.3 is 5.32 Å². The second kappa shape index (κ2) is 7.66. The van der Waals surface area contributed by atoms with Crippen LogP contribution in [0, 0.1) is 0 Å². The van der Waals surface area contributed by atoms with Gasteiger partial charge in [0.2, 0.25) is 5.91 Å². The minimum absolute atomic E-state index is 0.0127. The van der Waals surface area contributed by atoms with Gasteiger partial charge >= 0.3 is 0 Å². The highest BCUT2D eigenvalue weighted by Gasteiger charge is 2.29. The molecule has 0 radical (unpaired) electrons. The van der Waals surface area contributed by atoms with Crippen molar-refractivity contribution in [1.29, 1.82) is 0 Å². The van der Waals surface area contributed by atoms with Crippen LogP contribution in [0.5, 0.6) is 0 Å². The lowest BCUT2D eigenvalue weighted by Crippen LogP contribution is -2.41. The molecule has 1 aliphatic rings. The summed E-state index contributed by atoms with van der Waals surface area (Å²) in [5, 5.41) is 7.24. The van der Waals surface area contributed by atoms with Crippen LogP contribution < -0.4 is 5.32 Å². The van der Waals surface area contributed by atoms with Crippen LogP contribution in [0.2, 0.25) is 0 Å². The molecule has 1 N–H and O–H groups in total. The molecule has 1 aliphatic heterocycles. The van der Waals surface area contributed by atoms with E-state index < -0.39 is 0 Å². The normalized spacial score (nSPS) is 16.9. The summed E-state index contributed by atoms with van der Waals surface area (Å²) in [5.74, 6) is 2.16. The number of nitrogens with zero attached hydrogens (tertiary/aromatic N) is 3. The molecule has 6 heteroatoms. The van der Waals surface area contributed by atoms with Crippen LogP contribution in [0.3, 0.4) is 0 Å². The first kappa shape index (κ1) is 16.1. The molecule has 1 amide bonds. The van der Waals surface area contributed by atoms with Crippen LogP contribution in [0.25, 0.3) is 0 Å². The summed E-state index contributed by atoms with van der Waals surface area (Å²) in [7, 11) is 0. The van der Waals surface area contributed by atoms with Gasteiger partial charge in [-0.25, -0.2) is 0 Å². The number of rotatable bonds is 5. The number of aryl methyl sites for hydroxylation is 1. The molecule has 5 nitrogen and oxygen atoms in total. The summed E-state index contributed by atoms with van der Waals surface area (Å²) < 4.78 is 1.81. The minimum atomic E-state index is -0.248. The van der Waals surface area contributed by atoms with Crippen LogP contribution in [-0.2, 0) is 11.3 Å². The van der Waals surface area contributed by atoms with E-state index in [0.29, 0.717) is 0 Å². The first-order valence-electron chi connectivity index (χ1n) is 7.98. The summed E-state index contributed by atoms with van der Waals surface area (Å²) in [6, 6.07) is 9.77. The highest BCUT2D eigenvalue weighted by molar-refractivity contribution is 7.99. The third kappa shape index (κ3) is 3.95. The van der Waals surface area contributed by atoms with Crippen LogP contribution in [0.15, 0.2) is 42.7 Å². The lowest BCUT2D eigenvalue weighted by atomic mass is 10.0. The highest BCUT2D eigenvalue weighted by Crippen LogP contribution is 2.25. The molecule has 0 spiro atoms. The second-order valence-corrected chi connectivity index (χ2v) is 6.76. The highest BCUT2D eigenvalue weighted by atomic mass is 32.2. The Bertz CT molecular complexity index is 637. The van der Waals surface area contributed by atoms with E-state index in [1.807, 2.05) is 59.9 Å². The molecule has 1 unspecified atom stereocenters. The Kier molecular flexibility index (Phi) is 5.35. The Hall–Kier alpha value is -1.79. The van der Waals surface area contributed by atoms with E-state index in [4.69, 9.17) is 0 Å². The first-order chi connectivity index (χ1) is 11.3. The lowest BCUT2D eigenvalue weighted by molar-refractivity contribution is -0.121. The number of hydrogen-bond acceptors (Lipinski definition) is 4. The average molecular weight is 330 g/mol. The Morgan fingerprint density at radius 3 is 2.70 bits per heavy atom. The van der Waals surface area contributed by atoms with E-state index in [0.717, 1.165) is 42.4 Å². The van der Waals surface area contributed by atoms with E-state index in [1.165, 1.54) is 0 Å². The molecule has 23 heavy (non-hydrogen) atoms. The third-order valence-corrected chi connectivity index (χ3v) is 4.94. The van der Waals surface area contributed by atoms with Crippen molar-refractivity contribution in [3.05, 3.63) is 48.3 Å². The molecule has 2 heterocycles. The Morgan fingerprint density at radius 1 is 1.30 bits per heavy atom. The first-order valence-corrected chi connectivity index (χ1v) is 9.13. The van der Waals surface area contributed by atoms with Crippen molar-refractivity contribution in [3.63, 3.8) is 0 Å². The minimum Gasteiger partial charge on any atom is -0.322 e. The fourth-order valence-corrected chi connectivity index (χ4v) is 3.74. The summed E-state index contributed by atoms with van der Waals surface area (Å²) >= 11 is 1.95. The van der Waals surface area contributed by atoms with Gasteiger partial charge in [-0.1, -0.05) is 30.3 Å². The van der Waals surface area contributed by atoms with Crippen molar-refractivity contribution in [3.8, 4) is 0 Å². The quantitative estimate of drug-likeness (QED) is 0.916. The molecule has 3 rings (SSSR count). The van der Waals surface area contributed by atoms with Gasteiger partial charge in [0.05, 0.1) is 11.9 Å². The van der Waals surface area contributed by atoms with Gasteiger partial charge in [-0.2, -0.15) is 16.9 Å². The average Bonchev–Trinajstić information content (AvgIpc) is 3.04. The smallest absolute Gasteiger partial charge is 0.246 e. The molecular formula is C17H22N4OS. The number of thioether (sulfide) groups is 1. The molecule has 1 atom stereocenters. The van der Waals surface area contributed by atoms with Crippen LogP contribution in [-0.4, -0.2) is 45.2 Å². The fraction of sp³-hybridized carbons (Fsp3) is 0.412. The number of carbonyl (C=O) groups excluding carboxylic acids is 1. The van der Waals surface area contributed by atoms with E-state index in [2.05, 4.69) is 15.3 Å². The Balaban J connectivity index is 1.80. The van der Waals surface area contributed by atoms with Crippen molar-refractivity contribution in [2.45, 2.75) is 19.5 Å². The van der Waals surface area contributed by atoms with Crippen molar-refractivity contribution in [2.24, 2.45) is 0 Å². The molecule has 1 aromatic heterocycles. The summed E-state index contributed by atoms with van der Waals surface area (Å²) in [6.07, 6.45) is 3.57. The standard InChI is InChI=1S/C17H22N4OS/c1-2-21-13-15(12-18-21)19-17(22)16(14-6-4-3-5-7-14)20-8-10-23-11-9-20/h3-7,12-13,16H,2,8-11H2,1H3,(H,19,22). The summed E-state index contributed by atoms with van der Waals surface area (Å²) in [4.78, 5) is 15.2.